The minimum atomic E-state index is -1.13. The number of hydrogen-bond acceptors (Lipinski definition) is 19. The fraction of sp³-hybridized carbons (Fsp3) is 0.404. The Hall–Kier alpha value is -8.86. The number of benzene rings is 3. The van der Waals surface area contributed by atoms with Crippen molar-refractivity contribution in [3.05, 3.63) is 88.0 Å². The second-order valence-electron chi connectivity index (χ2n) is 20.1. The SMILES string of the molecule is O=C(CBr)CCCCCNC(=O)CBr.O=C(CCCCCNC(=O)COc1cccc2c1C(=O)N(C1CCC(=O)NC1=O)C2=O)COc1cccc2c1C(=O)N(C1CCC(=O)NC1=O)C2=O.O=C1CCC(N2C(=O)c3cccc(O)c3C2=O)C(=O)N1. The quantitative estimate of drug-likeness (QED) is 0.0449. The number of phenols is 1. The largest absolute Gasteiger partial charge is 0.507 e. The van der Waals surface area contributed by atoms with E-state index in [2.05, 4.69) is 58.4 Å². The first-order chi connectivity index (χ1) is 41.2. The number of imide groups is 6. The second kappa shape index (κ2) is 29.8. The van der Waals surface area contributed by atoms with Gasteiger partial charge in [-0.1, -0.05) is 62.9 Å². The zero-order valence-electron chi connectivity index (χ0n) is 46.0. The first-order valence-corrected chi connectivity index (χ1v) is 29.6. The minimum Gasteiger partial charge on any atom is -0.507 e. The molecule has 454 valence electrons. The summed E-state index contributed by atoms with van der Waals surface area (Å²) in [6.07, 6.45) is 5.38. The highest BCUT2D eigenvalue weighted by Gasteiger charge is 2.49. The number of carbonyl (C=O) groups is 16. The molecule has 29 heteroatoms. The fourth-order valence-electron chi connectivity index (χ4n) is 9.95. The Morgan fingerprint density at radius 1 is 0.465 bits per heavy atom. The third-order valence-corrected chi connectivity index (χ3v) is 15.4. The van der Waals surface area contributed by atoms with Gasteiger partial charge < -0.3 is 25.2 Å². The summed E-state index contributed by atoms with van der Waals surface area (Å²) in [5, 5.41) is 22.3. The number of phenolic OH excluding ortho intramolecular Hbond substituents is 1. The summed E-state index contributed by atoms with van der Waals surface area (Å²) >= 11 is 6.18. The lowest BCUT2D eigenvalue weighted by atomic mass is 10.0. The van der Waals surface area contributed by atoms with Crippen LogP contribution in [0, 0.1) is 0 Å². The highest BCUT2D eigenvalue weighted by molar-refractivity contribution is 9.09. The van der Waals surface area contributed by atoms with Crippen molar-refractivity contribution >= 4 is 126 Å². The van der Waals surface area contributed by atoms with E-state index in [1.165, 1.54) is 54.6 Å². The zero-order valence-corrected chi connectivity index (χ0v) is 49.1. The predicted molar refractivity (Wildman–Crippen MR) is 303 cm³/mol. The van der Waals surface area contributed by atoms with E-state index < -0.39 is 102 Å². The topological polar surface area (TPSA) is 382 Å². The number of halogens is 2. The summed E-state index contributed by atoms with van der Waals surface area (Å²) in [5.74, 6) is -8.47. The molecule has 14 amide bonds. The summed E-state index contributed by atoms with van der Waals surface area (Å²) in [5.41, 5.74) is -0.0674. The molecule has 3 atom stereocenters. The van der Waals surface area contributed by atoms with Crippen LogP contribution in [0.25, 0.3) is 0 Å². The molecule has 0 aliphatic carbocycles. The molecule has 9 rings (SSSR count). The maximum absolute atomic E-state index is 13.2. The molecule has 3 aromatic rings. The summed E-state index contributed by atoms with van der Waals surface area (Å²) < 4.78 is 11.2. The maximum atomic E-state index is 13.2. The first kappa shape index (κ1) is 64.7. The molecular formula is C57H58Br2N8O19. The molecule has 0 aromatic heterocycles. The molecule has 86 heavy (non-hydrogen) atoms. The Morgan fingerprint density at radius 3 is 1.26 bits per heavy atom. The highest BCUT2D eigenvalue weighted by atomic mass is 79.9. The van der Waals surface area contributed by atoms with Gasteiger partial charge in [-0.25, -0.2) is 0 Å². The number of aromatic hydroxyl groups is 1. The molecule has 6 N–H and O–H groups in total. The number of Topliss-reactive ketones (excluding diaryl/α,β-unsaturated/α-hetero) is 2. The molecule has 3 aromatic carbocycles. The van der Waals surface area contributed by atoms with Crippen molar-refractivity contribution in [1.29, 1.82) is 0 Å². The van der Waals surface area contributed by atoms with E-state index in [0.717, 1.165) is 34.0 Å². The summed E-state index contributed by atoms with van der Waals surface area (Å²) in [7, 11) is 0. The number of fused-ring (bicyclic) bond motifs is 3. The van der Waals surface area contributed by atoms with Crippen LogP contribution in [0.2, 0.25) is 0 Å². The predicted octanol–water partition coefficient (Wildman–Crippen LogP) is 2.01. The monoisotopic (exact) mass is 1320 g/mol. The van der Waals surface area contributed by atoms with Gasteiger partial charge in [0.2, 0.25) is 41.4 Å². The van der Waals surface area contributed by atoms with Gasteiger partial charge in [-0.2, -0.15) is 0 Å². The Balaban J connectivity index is 0.000000252. The number of piperidine rings is 3. The van der Waals surface area contributed by atoms with Gasteiger partial charge in [0.05, 0.1) is 44.0 Å². The van der Waals surface area contributed by atoms with Gasteiger partial charge in [-0.15, -0.1) is 0 Å². The molecule has 3 saturated heterocycles. The van der Waals surface area contributed by atoms with Gasteiger partial charge in [0.1, 0.15) is 47.8 Å². The number of ketones is 2. The van der Waals surface area contributed by atoms with Crippen LogP contribution in [0.1, 0.15) is 152 Å². The second-order valence-corrected chi connectivity index (χ2v) is 21.3. The van der Waals surface area contributed by atoms with Crippen molar-refractivity contribution < 1.29 is 91.3 Å². The Morgan fingerprint density at radius 2 is 0.849 bits per heavy atom. The van der Waals surface area contributed by atoms with Crippen LogP contribution in [0.5, 0.6) is 17.2 Å². The van der Waals surface area contributed by atoms with Gasteiger partial charge in [-0.3, -0.25) is 107 Å². The van der Waals surface area contributed by atoms with Crippen molar-refractivity contribution in [3.8, 4) is 17.2 Å². The summed E-state index contributed by atoms with van der Waals surface area (Å²) in [4.78, 5) is 196. The minimum absolute atomic E-state index is 0.00425. The molecule has 6 aliphatic rings. The van der Waals surface area contributed by atoms with E-state index >= 15 is 0 Å². The van der Waals surface area contributed by atoms with E-state index in [4.69, 9.17) is 9.47 Å². The van der Waals surface area contributed by atoms with Crippen LogP contribution < -0.4 is 36.1 Å². The lowest BCUT2D eigenvalue weighted by Gasteiger charge is -2.27. The molecule has 27 nitrogen and oxygen atoms in total. The van der Waals surface area contributed by atoms with Crippen molar-refractivity contribution in [2.75, 3.05) is 37.0 Å². The van der Waals surface area contributed by atoms with E-state index in [0.29, 0.717) is 42.9 Å². The first-order valence-electron chi connectivity index (χ1n) is 27.3. The normalized spacial score (nSPS) is 18.6. The maximum Gasteiger partial charge on any atom is 0.266 e. The lowest BCUT2D eigenvalue weighted by Crippen LogP contribution is -2.54. The Kier molecular flexibility index (Phi) is 22.4. The third kappa shape index (κ3) is 15.3. The fourth-order valence-corrected chi connectivity index (χ4v) is 10.4. The number of alkyl halides is 2. The summed E-state index contributed by atoms with van der Waals surface area (Å²) in [6.45, 7) is 0.172. The number of amides is 14. The molecule has 3 fully saturated rings. The van der Waals surface area contributed by atoms with Gasteiger partial charge in [-0.05, 0) is 81.3 Å². The number of ether oxygens (including phenoxy) is 2. The molecule has 0 spiro atoms. The van der Waals surface area contributed by atoms with E-state index in [1.54, 1.807) is 0 Å². The zero-order chi connectivity index (χ0) is 62.4. The number of nitrogens with one attached hydrogen (secondary N) is 5. The van der Waals surface area contributed by atoms with Crippen molar-refractivity contribution in [2.24, 2.45) is 0 Å². The smallest absolute Gasteiger partial charge is 0.266 e. The number of nitrogens with zero attached hydrogens (tertiary/aromatic N) is 3. The molecule has 6 aliphatic heterocycles. The van der Waals surface area contributed by atoms with Crippen LogP contribution >= 0.6 is 31.9 Å². The lowest BCUT2D eigenvalue weighted by molar-refractivity contribution is -0.137. The average Bonchev–Trinajstić information content (AvgIpc) is 2.83. The van der Waals surface area contributed by atoms with Crippen LogP contribution in [0.15, 0.2) is 54.6 Å². The number of hydrogen-bond donors (Lipinski definition) is 6. The van der Waals surface area contributed by atoms with Crippen molar-refractivity contribution in [3.63, 3.8) is 0 Å². The van der Waals surface area contributed by atoms with Gasteiger partial charge in [0, 0.05) is 45.2 Å². The van der Waals surface area contributed by atoms with Gasteiger partial charge in [0.15, 0.2) is 12.4 Å². The van der Waals surface area contributed by atoms with Crippen LogP contribution in [0.4, 0.5) is 0 Å². The van der Waals surface area contributed by atoms with Crippen LogP contribution in [0.3, 0.4) is 0 Å². The Bertz CT molecular complexity index is 3170. The number of carbonyl (C=O) groups excluding carboxylic acids is 16. The standard InChI is InChI=1S/C35H33N5O12.C13H10N2O5.C9H15Br2NO2/c41-18(16-51-23-9-4-7-19-28(23)34(49)39(32(19)47)21-11-13-25(42)37-30(21)45)6-2-1-3-15-36-27(44)17-52-24-10-5-8-20-29(24)35(50)40(33(20)48)22-12-14-26(43)38-31(22)46;16-8-3-1-2-6-10(8)13(20)15(12(6)19)7-4-5-9(17)14-11(7)18;10-6-8(13)4-2-1-3-5-12-9(14)7-11/h4-5,7-10,21-22H,1-3,6,11-17H2,(H,36,44)(H,37,42,45)(H,38,43,46);1-3,7,16H,4-5H2,(H,14,17,18);1-7H2,(H,12,14). The Labute approximate surface area is 506 Å². The highest BCUT2D eigenvalue weighted by Crippen LogP contribution is 2.36. The van der Waals surface area contributed by atoms with Crippen LogP contribution in [-0.2, 0) is 47.9 Å². The van der Waals surface area contributed by atoms with Gasteiger partial charge in [0.25, 0.3) is 41.4 Å². The van der Waals surface area contributed by atoms with E-state index in [1.807, 2.05) is 0 Å². The molecule has 0 radical (unpaired) electrons. The summed E-state index contributed by atoms with van der Waals surface area (Å²) in [6, 6.07) is 9.62. The van der Waals surface area contributed by atoms with E-state index in [9.17, 15) is 81.8 Å². The number of unbranched alkanes of at least 4 members (excludes halogenated alkanes) is 4. The van der Waals surface area contributed by atoms with Crippen molar-refractivity contribution in [1.82, 2.24) is 41.3 Å². The van der Waals surface area contributed by atoms with Crippen LogP contribution in [-0.4, -0.2) is 169 Å². The average molecular weight is 1320 g/mol. The molecule has 0 saturated carbocycles. The molecule has 3 unspecified atom stereocenters. The van der Waals surface area contributed by atoms with Gasteiger partial charge >= 0.3 is 0 Å². The molecular weight excluding hydrogens is 1260 g/mol. The van der Waals surface area contributed by atoms with Crippen molar-refractivity contribution in [2.45, 2.75) is 108 Å². The molecule has 6 heterocycles. The van der Waals surface area contributed by atoms with E-state index in [-0.39, 0.29) is 126 Å². The molecule has 0 bridgehead atoms. The number of rotatable bonds is 23. The third-order valence-electron chi connectivity index (χ3n) is 14.2.